The molecule has 1 aliphatic rings. The maximum absolute atomic E-state index is 12.7. The topological polar surface area (TPSA) is 82.7 Å². The van der Waals surface area contributed by atoms with Crippen LogP contribution in [-0.2, 0) is 0 Å². The number of aromatic nitrogens is 2. The Balaban J connectivity index is 1.73. The average Bonchev–Trinajstić information content (AvgIpc) is 3.39. The molecule has 1 atom stereocenters. The van der Waals surface area contributed by atoms with E-state index in [1.807, 2.05) is 49.4 Å². The first kappa shape index (κ1) is 18.0. The normalized spacial score (nSPS) is 15.9. The Morgan fingerprint density at radius 3 is 2.61 bits per heavy atom. The second-order valence-electron chi connectivity index (χ2n) is 7.01. The first-order valence-corrected chi connectivity index (χ1v) is 9.33. The number of aryl methyl sites for hydroxylation is 1. The third-order valence-electron chi connectivity index (χ3n) is 4.93. The fraction of sp³-hybridized carbons (Fsp3) is 0.227. The molecule has 4 rings (SSSR count). The zero-order valence-corrected chi connectivity index (χ0v) is 15.6. The van der Waals surface area contributed by atoms with Crippen molar-refractivity contribution < 1.29 is 4.79 Å². The minimum Gasteiger partial charge on any atom is -0.347 e. The number of benzene rings is 2. The number of nitrogens with one attached hydrogen (secondary N) is 2. The summed E-state index contributed by atoms with van der Waals surface area (Å²) in [6.45, 7) is 3.74. The van der Waals surface area contributed by atoms with Gasteiger partial charge in [0.05, 0.1) is 23.0 Å². The Kier molecular flexibility index (Phi) is 4.92. The van der Waals surface area contributed by atoms with Crippen molar-refractivity contribution in [3.05, 3.63) is 71.4 Å². The molecule has 1 amide bonds. The van der Waals surface area contributed by atoms with Crippen molar-refractivity contribution in [1.82, 2.24) is 20.4 Å². The summed E-state index contributed by atoms with van der Waals surface area (Å²) < 4.78 is 1.76. The van der Waals surface area contributed by atoms with Gasteiger partial charge in [0.15, 0.2) is 5.69 Å². The number of nitrogens with zero attached hydrogens (tertiary/aromatic N) is 3. The van der Waals surface area contributed by atoms with Gasteiger partial charge in [-0.15, -0.1) is 0 Å². The molecule has 2 aromatic carbocycles. The van der Waals surface area contributed by atoms with Gasteiger partial charge < -0.3 is 10.6 Å². The molecule has 140 valence electrons. The van der Waals surface area contributed by atoms with Crippen molar-refractivity contribution in [3.63, 3.8) is 0 Å². The van der Waals surface area contributed by atoms with Gasteiger partial charge in [-0.05, 0) is 50.2 Å². The molecule has 1 aromatic heterocycles. The van der Waals surface area contributed by atoms with E-state index in [0.717, 1.165) is 36.5 Å². The van der Waals surface area contributed by atoms with E-state index >= 15 is 0 Å². The molecule has 6 nitrogen and oxygen atoms in total. The predicted octanol–water partition coefficient (Wildman–Crippen LogP) is 2.81. The fourth-order valence-electron chi connectivity index (χ4n) is 3.33. The largest absolute Gasteiger partial charge is 0.347 e. The molecular weight excluding hydrogens is 350 g/mol. The highest BCUT2D eigenvalue weighted by Crippen LogP contribution is 2.25. The van der Waals surface area contributed by atoms with Gasteiger partial charge in [-0.1, -0.05) is 29.8 Å². The third kappa shape index (κ3) is 3.66. The zero-order valence-electron chi connectivity index (χ0n) is 15.6. The van der Waals surface area contributed by atoms with Crippen LogP contribution >= 0.6 is 0 Å². The average molecular weight is 371 g/mol. The molecule has 0 saturated carbocycles. The highest BCUT2D eigenvalue weighted by molar-refractivity contribution is 5.93. The molecule has 6 heteroatoms. The molecule has 1 fully saturated rings. The van der Waals surface area contributed by atoms with Crippen molar-refractivity contribution in [2.75, 3.05) is 13.1 Å². The number of nitriles is 1. The number of rotatable bonds is 4. The van der Waals surface area contributed by atoms with E-state index in [-0.39, 0.29) is 11.9 Å². The van der Waals surface area contributed by atoms with Crippen molar-refractivity contribution in [1.29, 1.82) is 5.26 Å². The molecule has 0 unspecified atom stereocenters. The quantitative estimate of drug-likeness (QED) is 0.739. The van der Waals surface area contributed by atoms with Crippen molar-refractivity contribution >= 4 is 5.91 Å². The molecule has 3 aromatic rings. The summed E-state index contributed by atoms with van der Waals surface area (Å²) in [6.07, 6.45) is 0.924. The van der Waals surface area contributed by atoms with E-state index in [4.69, 9.17) is 5.26 Å². The molecule has 28 heavy (non-hydrogen) atoms. The Morgan fingerprint density at radius 1 is 1.21 bits per heavy atom. The van der Waals surface area contributed by atoms with E-state index in [1.54, 1.807) is 16.8 Å². The summed E-state index contributed by atoms with van der Waals surface area (Å²) in [5, 5.41) is 19.9. The van der Waals surface area contributed by atoms with Gasteiger partial charge in [0.25, 0.3) is 5.91 Å². The monoisotopic (exact) mass is 371 g/mol. The van der Waals surface area contributed by atoms with Crippen LogP contribution < -0.4 is 10.6 Å². The van der Waals surface area contributed by atoms with Gasteiger partial charge in [-0.3, -0.25) is 4.79 Å². The van der Waals surface area contributed by atoms with Gasteiger partial charge in [0.2, 0.25) is 0 Å². The standard InChI is InChI=1S/C22H21N5O/c1-15-2-6-17(7-3-15)21-12-20(22(28)25-18-10-11-24-14-18)26-27(21)19-8-4-16(13-23)5-9-19/h2-9,12,18,24H,10-11,14H2,1H3,(H,25,28)/t18-/m0/s1. The number of hydrogen-bond acceptors (Lipinski definition) is 4. The van der Waals surface area contributed by atoms with E-state index in [9.17, 15) is 4.79 Å². The van der Waals surface area contributed by atoms with Crippen molar-refractivity contribution in [3.8, 4) is 23.0 Å². The first-order valence-electron chi connectivity index (χ1n) is 9.33. The second kappa shape index (κ2) is 7.67. The highest BCUT2D eigenvalue weighted by atomic mass is 16.2. The summed E-state index contributed by atoms with van der Waals surface area (Å²) in [6, 6.07) is 19.4. The Labute approximate surface area is 163 Å². The minimum absolute atomic E-state index is 0.135. The van der Waals surface area contributed by atoms with Gasteiger partial charge in [-0.2, -0.15) is 10.4 Å². The third-order valence-corrected chi connectivity index (χ3v) is 4.93. The lowest BCUT2D eigenvalue weighted by Gasteiger charge is -2.09. The first-order chi connectivity index (χ1) is 13.6. The highest BCUT2D eigenvalue weighted by Gasteiger charge is 2.21. The minimum atomic E-state index is -0.172. The molecule has 0 spiro atoms. The van der Waals surface area contributed by atoms with Crippen LogP contribution in [-0.4, -0.2) is 34.8 Å². The number of amides is 1. The summed E-state index contributed by atoms with van der Waals surface area (Å²) >= 11 is 0. The molecule has 2 N–H and O–H groups in total. The van der Waals surface area contributed by atoms with Gasteiger partial charge in [0, 0.05) is 18.2 Å². The van der Waals surface area contributed by atoms with Gasteiger partial charge >= 0.3 is 0 Å². The lowest BCUT2D eigenvalue weighted by molar-refractivity contribution is 0.0934. The van der Waals surface area contributed by atoms with Crippen LogP contribution in [0.5, 0.6) is 0 Å². The number of carbonyl (C=O) groups excluding carboxylic acids is 1. The molecule has 1 aliphatic heterocycles. The van der Waals surface area contributed by atoms with Crippen LogP contribution in [0.1, 0.15) is 28.0 Å². The van der Waals surface area contributed by atoms with E-state index < -0.39 is 0 Å². The summed E-state index contributed by atoms with van der Waals surface area (Å²) in [5.74, 6) is -0.172. The lowest BCUT2D eigenvalue weighted by Crippen LogP contribution is -2.36. The van der Waals surface area contributed by atoms with Crippen LogP contribution in [0.25, 0.3) is 16.9 Å². The summed E-state index contributed by atoms with van der Waals surface area (Å²) in [7, 11) is 0. The Morgan fingerprint density at radius 2 is 1.96 bits per heavy atom. The van der Waals surface area contributed by atoms with Crippen LogP contribution in [0.15, 0.2) is 54.6 Å². The number of hydrogen-bond donors (Lipinski definition) is 2. The summed E-state index contributed by atoms with van der Waals surface area (Å²) in [5.41, 5.74) is 4.74. The SMILES string of the molecule is Cc1ccc(-c2cc(C(=O)N[C@H]3CCNC3)nn2-c2ccc(C#N)cc2)cc1. The zero-order chi connectivity index (χ0) is 19.5. The molecule has 0 bridgehead atoms. The van der Waals surface area contributed by atoms with Crippen LogP contribution in [0.3, 0.4) is 0 Å². The molecule has 2 heterocycles. The second-order valence-corrected chi connectivity index (χ2v) is 7.01. The smallest absolute Gasteiger partial charge is 0.272 e. The van der Waals surface area contributed by atoms with E-state index in [2.05, 4.69) is 21.8 Å². The lowest BCUT2D eigenvalue weighted by atomic mass is 10.1. The maximum Gasteiger partial charge on any atom is 0.272 e. The molecule has 0 aliphatic carbocycles. The van der Waals surface area contributed by atoms with Gasteiger partial charge in [0.1, 0.15) is 0 Å². The van der Waals surface area contributed by atoms with E-state index in [0.29, 0.717) is 11.3 Å². The van der Waals surface area contributed by atoms with Crippen LogP contribution in [0.4, 0.5) is 0 Å². The molecule has 1 saturated heterocycles. The van der Waals surface area contributed by atoms with Crippen molar-refractivity contribution in [2.24, 2.45) is 0 Å². The fourth-order valence-corrected chi connectivity index (χ4v) is 3.33. The molecule has 0 radical (unpaired) electrons. The molecular formula is C22H21N5O. The maximum atomic E-state index is 12.7. The van der Waals surface area contributed by atoms with Crippen molar-refractivity contribution in [2.45, 2.75) is 19.4 Å². The van der Waals surface area contributed by atoms with Crippen LogP contribution in [0, 0.1) is 18.3 Å². The van der Waals surface area contributed by atoms with E-state index in [1.165, 1.54) is 5.56 Å². The Bertz CT molecular complexity index is 1020. The Hall–Kier alpha value is -3.43. The summed E-state index contributed by atoms with van der Waals surface area (Å²) in [4.78, 5) is 12.7. The number of carbonyl (C=O) groups is 1. The predicted molar refractivity (Wildman–Crippen MR) is 107 cm³/mol. The van der Waals surface area contributed by atoms with Crippen LogP contribution in [0.2, 0.25) is 0 Å². The van der Waals surface area contributed by atoms with Gasteiger partial charge in [-0.25, -0.2) is 4.68 Å².